The molecule has 1 aliphatic heterocycles. The maximum absolute atomic E-state index is 11.7. The van der Waals surface area contributed by atoms with Crippen LogP contribution in [-0.4, -0.2) is 42.0 Å². The van der Waals surface area contributed by atoms with Crippen LogP contribution in [0, 0.1) is 0 Å². The van der Waals surface area contributed by atoms with Crippen LogP contribution in [0.5, 0.6) is 5.75 Å². The molecule has 0 spiro atoms. The summed E-state index contributed by atoms with van der Waals surface area (Å²) in [6.45, 7) is 2.07. The Balaban J connectivity index is 1.90. The molecule has 1 aliphatic rings. The third-order valence-corrected chi connectivity index (χ3v) is 4.41. The first-order valence-corrected chi connectivity index (χ1v) is 7.82. The number of aromatic carboxylic acids is 1. The molecule has 23 heavy (non-hydrogen) atoms. The van der Waals surface area contributed by atoms with Gasteiger partial charge in [0.25, 0.3) is 0 Å². The van der Waals surface area contributed by atoms with Gasteiger partial charge in [-0.3, -0.25) is 0 Å². The molecule has 0 bridgehead atoms. The Morgan fingerprint density at radius 2 is 2.35 bits per heavy atom. The molecule has 0 radical (unpaired) electrons. The number of hydrogen-bond donors (Lipinski definition) is 2. The first kappa shape index (κ1) is 15.8. The van der Waals surface area contributed by atoms with E-state index in [9.17, 15) is 9.90 Å². The highest BCUT2D eigenvalue weighted by atomic mass is 16.5. The van der Waals surface area contributed by atoms with Gasteiger partial charge in [-0.05, 0) is 25.0 Å². The molecule has 3 rings (SSSR count). The summed E-state index contributed by atoms with van der Waals surface area (Å²) in [5.74, 6) is -0.203. The fourth-order valence-corrected chi connectivity index (χ4v) is 3.24. The van der Waals surface area contributed by atoms with E-state index in [2.05, 4.69) is 5.32 Å². The third kappa shape index (κ3) is 3.04. The largest absolute Gasteiger partial charge is 0.497 e. The summed E-state index contributed by atoms with van der Waals surface area (Å²) in [4.78, 5) is 11.7. The summed E-state index contributed by atoms with van der Waals surface area (Å²) >= 11 is 0. The van der Waals surface area contributed by atoms with Gasteiger partial charge < -0.3 is 24.5 Å². The number of carbonyl (C=O) groups is 1. The van der Waals surface area contributed by atoms with Crippen molar-refractivity contribution in [3.63, 3.8) is 0 Å². The predicted molar refractivity (Wildman–Crippen MR) is 87.1 cm³/mol. The van der Waals surface area contributed by atoms with Crippen molar-refractivity contribution in [2.24, 2.45) is 7.05 Å². The van der Waals surface area contributed by atoms with E-state index in [0.29, 0.717) is 18.0 Å². The van der Waals surface area contributed by atoms with Gasteiger partial charge in [0.2, 0.25) is 0 Å². The minimum atomic E-state index is -0.920. The molecule has 1 atom stereocenters. The number of hydrogen-bond acceptors (Lipinski definition) is 4. The summed E-state index contributed by atoms with van der Waals surface area (Å²) in [7, 11) is 3.38. The molecule has 1 saturated heterocycles. The van der Waals surface area contributed by atoms with Crippen molar-refractivity contribution in [2.45, 2.75) is 25.5 Å². The van der Waals surface area contributed by atoms with E-state index >= 15 is 0 Å². The maximum atomic E-state index is 11.7. The van der Waals surface area contributed by atoms with Gasteiger partial charge in [0, 0.05) is 43.8 Å². The van der Waals surface area contributed by atoms with E-state index in [-0.39, 0.29) is 6.10 Å². The SMILES string of the molecule is COc1ccc2c(CNCC3CCCO3)c(C(=O)O)n(C)c2c1. The Bertz CT molecular complexity index is 717. The van der Waals surface area contributed by atoms with Crippen molar-refractivity contribution >= 4 is 16.9 Å². The van der Waals surface area contributed by atoms with Crippen LogP contribution in [0.25, 0.3) is 10.9 Å². The van der Waals surface area contributed by atoms with Crippen LogP contribution in [0.15, 0.2) is 18.2 Å². The zero-order chi connectivity index (χ0) is 16.4. The second-order valence-corrected chi connectivity index (χ2v) is 5.84. The predicted octanol–water partition coefficient (Wildman–Crippen LogP) is 2.15. The van der Waals surface area contributed by atoms with E-state index in [1.807, 2.05) is 18.2 Å². The van der Waals surface area contributed by atoms with Gasteiger partial charge in [0.05, 0.1) is 18.7 Å². The number of methoxy groups -OCH3 is 1. The number of ether oxygens (including phenoxy) is 2. The summed E-state index contributed by atoms with van der Waals surface area (Å²) in [6, 6.07) is 5.65. The molecule has 2 heterocycles. The zero-order valence-corrected chi connectivity index (χ0v) is 13.5. The van der Waals surface area contributed by atoms with E-state index in [1.54, 1.807) is 18.7 Å². The molecule has 0 saturated carbocycles. The Morgan fingerprint density at radius 1 is 1.52 bits per heavy atom. The molecule has 1 unspecified atom stereocenters. The highest BCUT2D eigenvalue weighted by molar-refractivity contribution is 5.98. The van der Waals surface area contributed by atoms with Crippen LogP contribution in [0.4, 0.5) is 0 Å². The number of fused-ring (bicyclic) bond motifs is 1. The smallest absolute Gasteiger partial charge is 0.352 e. The average molecular weight is 318 g/mol. The van der Waals surface area contributed by atoms with Crippen molar-refractivity contribution in [3.8, 4) is 5.75 Å². The normalized spacial score (nSPS) is 17.7. The minimum Gasteiger partial charge on any atom is -0.497 e. The molecule has 2 aromatic rings. The quantitative estimate of drug-likeness (QED) is 0.854. The molecule has 1 fully saturated rings. The van der Waals surface area contributed by atoms with Crippen molar-refractivity contribution in [2.75, 3.05) is 20.3 Å². The van der Waals surface area contributed by atoms with Crippen LogP contribution < -0.4 is 10.1 Å². The lowest BCUT2D eigenvalue weighted by Crippen LogP contribution is -2.26. The number of benzene rings is 1. The maximum Gasteiger partial charge on any atom is 0.352 e. The summed E-state index contributed by atoms with van der Waals surface area (Å²) < 4.78 is 12.5. The molecule has 6 nitrogen and oxygen atoms in total. The third-order valence-electron chi connectivity index (χ3n) is 4.41. The van der Waals surface area contributed by atoms with Crippen LogP contribution >= 0.6 is 0 Å². The number of rotatable bonds is 6. The molecule has 0 aliphatic carbocycles. The second kappa shape index (κ2) is 6.60. The van der Waals surface area contributed by atoms with Crippen LogP contribution in [0.2, 0.25) is 0 Å². The number of carboxylic acid groups (broad SMARTS) is 1. The van der Waals surface area contributed by atoms with E-state index < -0.39 is 5.97 Å². The van der Waals surface area contributed by atoms with Crippen LogP contribution in [0.1, 0.15) is 28.9 Å². The lowest BCUT2D eigenvalue weighted by molar-refractivity contribution is 0.0685. The molecular weight excluding hydrogens is 296 g/mol. The first-order valence-electron chi connectivity index (χ1n) is 7.82. The van der Waals surface area contributed by atoms with Crippen LogP contribution in [-0.2, 0) is 18.3 Å². The van der Waals surface area contributed by atoms with Gasteiger partial charge in [0.15, 0.2) is 0 Å². The van der Waals surface area contributed by atoms with Gasteiger partial charge >= 0.3 is 5.97 Å². The Kier molecular flexibility index (Phi) is 4.54. The van der Waals surface area contributed by atoms with Gasteiger partial charge in [0.1, 0.15) is 11.4 Å². The van der Waals surface area contributed by atoms with Crippen LogP contribution in [0.3, 0.4) is 0 Å². The number of nitrogens with one attached hydrogen (secondary N) is 1. The fourth-order valence-electron chi connectivity index (χ4n) is 3.24. The molecule has 0 amide bonds. The summed E-state index contributed by atoms with van der Waals surface area (Å²) in [5.41, 5.74) is 1.97. The lowest BCUT2D eigenvalue weighted by Gasteiger charge is -2.11. The molecule has 1 aromatic heterocycles. The highest BCUT2D eigenvalue weighted by Crippen LogP contribution is 2.29. The molecule has 2 N–H and O–H groups in total. The van der Waals surface area contributed by atoms with E-state index in [0.717, 1.165) is 42.5 Å². The first-order chi connectivity index (χ1) is 11.1. The summed E-state index contributed by atoms with van der Waals surface area (Å²) in [6.07, 6.45) is 2.39. The van der Waals surface area contributed by atoms with Crippen molar-refractivity contribution in [1.82, 2.24) is 9.88 Å². The van der Waals surface area contributed by atoms with Gasteiger partial charge in [-0.1, -0.05) is 0 Å². The highest BCUT2D eigenvalue weighted by Gasteiger charge is 2.21. The Morgan fingerprint density at radius 3 is 3.00 bits per heavy atom. The topological polar surface area (TPSA) is 72.7 Å². The molecule has 124 valence electrons. The van der Waals surface area contributed by atoms with E-state index in [1.165, 1.54) is 0 Å². The standard InChI is InChI=1S/C17H22N2O4/c1-19-15-8-11(22-2)5-6-13(15)14(16(19)17(20)21)10-18-9-12-4-3-7-23-12/h5-6,8,12,18H,3-4,7,9-10H2,1-2H3,(H,20,21). The van der Waals surface area contributed by atoms with Gasteiger partial charge in [-0.25, -0.2) is 4.79 Å². The van der Waals surface area contributed by atoms with Gasteiger partial charge in [-0.2, -0.15) is 0 Å². The van der Waals surface area contributed by atoms with Crippen molar-refractivity contribution in [1.29, 1.82) is 0 Å². The Labute approximate surface area is 135 Å². The number of carboxylic acids is 1. The Hall–Kier alpha value is -2.05. The minimum absolute atomic E-state index is 0.235. The number of nitrogens with zero attached hydrogens (tertiary/aromatic N) is 1. The summed E-state index contributed by atoms with van der Waals surface area (Å²) in [5, 5.41) is 13.9. The fraction of sp³-hybridized carbons (Fsp3) is 0.471. The molecule has 6 heteroatoms. The van der Waals surface area contributed by atoms with E-state index in [4.69, 9.17) is 9.47 Å². The van der Waals surface area contributed by atoms with Crippen molar-refractivity contribution < 1.29 is 19.4 Å². The number of aryl methyl sites for hydroxylation is 1. The van der Waals surface area contributed by atoms with Crippen molar-refractivity contribution in [3.05, 3.63) is 29.5 Å². The second-order valence-electron chi connectivity index (χ2n) is 5.84. The zero-order valence-electron chi connectivity index (χ0n) is 13.5. The monoisotopic (exact) mass is 318 g/mol. The number of aromatic nitrogens is 1. The average Bonchev–Trinajstić information content (AvgIpc) is 3.14. The lowest BCUT2D eigenvalue weighted by atomic mass is 10.1. The van der Waals surface area contributed by atoms with Gasteiger partial charge in [-0.15, -0.1) is 0 Å². The molecule has 1 aromatic carbocycles. The molecular formula is C17H22N2O4.